The molecule has 2 rings (SSSR count). The SMILES string of the molecule is CC(C)=Cc1ccc2c(c1)C(C)(C)CCO2. The average molecular weight is 216 g/mol. The lowest BCUT2D eigenvalue weighted by molar-refractivity contribution is 0.234. The van der Waals surface area contributed by atoms with E-state index in [2.05, 4.69) is 52.0 Å². The molecule has 16 heavy (non-hydrogen) atoms. The zero-order valence-corrected chi connectivity index (χ0v) is 10.6. The minimum atomic E-state index is 0.235. The molecule has 0 spiro atoms. The third-order valence-corrected chi connectivity index (χ3v) is 3.17. The summed E-state index contributed by atoms with van der Waals surface area (Å²) < 4.78 is 5.70. The smallest absolute Gasteiger partial charge is 0.123 e. The Morgan fingerprint density at radius 1 is 1.31 bits per heavy atom. The molecule has 1 aliphatic heterocycles. The second-order valence-electron chi connectivity index (χ2n) is 5.46. The Labute approximate surface area is 98.1 Å². The number of hydrogen-bond donors (Lipinski definition) is 0. The molecule has 0 N–H and O–H groups in total. The molecule has 1 nitrogen and oxygen atoms in total. The first kappa shape index (κ1) is 11.3. The highest BCUT2D eigenvalue weighted by molar-refractivity contribution is 5.57. The lowest BCUT2D eigenvalue weighted by Crippen LogP contribution is -2.26. The van der Waals surface area contributed by atoms with Gasteiger partial charge in [-0.1, -0.05) is 31.6 Å². The summed E-state index contributed by atoms with van der Waals surface area (Å²) >= 11 is 0. The summed E-state index contributed by atoms with van der Waals surface area (Å²) in [5.74, 6) is 1.06. The first-order valence-electron chi connectivity index (χ1n) is 5.91. The first-order valence-corrected chi connectivity index (χ1v) is 5.91. The number of hydrogen-bond acceptors (Lipinski definition) is 1. The molecule has 0 saturated heterocycles. The van der Waals surface area contributed by atoms with Crippen LogP contribution in [0.3, 0.4) is 0 Å². The van der Waals surface area contributed by atoms with Gasteiger partial charge in [0.1, 0.15) is 5.75 Å². The number of ether oxygens (including phenoxy) is 1. The van der Waals surface area contributed by atoms with Gasteiger partial charge in [-0.15, -0.1) is 0 Å². The second-order valence-corrected chi connectivity index (χ2v) is 5.46. The van der Waals surface area contributed by atoms with E-state index in [1.165, 1.54) is 16.7 Å². The van der Waals surface area contributed by atoms with Gasteiger partial charge in [0.05, 0.1) is 6.61 Å². The van der Waals surface area contributed by atoms with Crippen molar-refractivity contribution in [3.05, 3.63) is 34.9 Å². The molecule has 0 amide bonds. The third-order valence-electron chi connectivity index (χ3n) is 3.17. The maximum Gasteiger partial charge on any atom is 0.123 e. The summed E-state index contributed by atoms with van der Waals surface area (Å²) in [5.41, 5.74) is 4.18. The Morgan fingerprint density at radius 3 is 2.75 bits per heavy atom. The summed E-state index contributed by atoms with van der Waals surface area (Å²) in [6.07, 6.45) is 3.31. The summed E-state index contributed by atoms with van der Waals surface area (Å²) in [5, 5.41) is 0. The molecule has 1 heterocycles. The van der Waals surface area contributed by atoms with Crippen LogP contribution in [-0.2, 0) is 5.41 Å². The van der Waals surface area contributed by atoms with Crippen LogP contribution in [-0.4, -0.2) is 6.61 Å². The Morgan fingerprint density at radius 2 is 2.06 bits per heavy atom. The maximum absolute atomic E-state index is 5.70. The van der Waals surface area contributed by atoms with Crippen molar-refractivity contribution in [1.29, 1.82) is 0 Å². The standard InChI is InChI=1S/C15H20O/c1-11(2)9-12-5-6-14-13(10-12)15(3,4)7-8-16-14/h5-6,9-10H,7-8H2,1-4H3. The van der Waals surface area contributed by atoms with Crippen molar-refractivity contribution in [3.8, 4) is 5.75 Å². The van der Waals surface area contributed by atoms with Crippen molar-refractivity contribution in [3.63, 3.8) is 0 Å². The Balaban J connectivity index is 2.47. The average Bonchev–Trinajstić information content (AvgIpc) is 2.18. The molecule has 0 aliphatic carbocycles. The quantitative estimate of drug-likeness (QED) is 0.684. The van der Waals surface area contributed by atoms with Crippen LogP contribution in [0.25, 0.3) is 6.08 Å². The van der Waals surface area contributed by atoms with Crippen molar-refractivity contribution >= 4 is 6.08 Å². The molecule has 1 aromatic carbocycles. The fraction of sp³-hybridized carbons (Fsp3) is 0.467. The largest absolute Gasteiger partial charge is 0.493 e. The van der Waals surface area contributed by atoms with Gasteiger partial charge in [-0.05, 0) is 43.4 Å². The lowest BCUT2D eigenvalue weighted by atomic mass is 9.79. The van der Waals surface area contributed by atoms with Gasteiger partial charge < -0.3 is 4.74 Å². The highest BCUT2D eigenvalue weighted by atomic mass is 16.5. The number of allylic oxidation sites excluding steroid dienone is 1. The maximum atomic E-state index is 5.70. The van der Waals surface area contributed by atoms with Crippen LogP contribution in [0.1, 0.15) is 45.2 Å². The summed E-state index contributed by atoms with van der Waals surface area (Å²) in [4.78, 5) is 0. The predicted octanol–water partition coefficient (Wildman–Crippen LogP) is 4.17. The molecular formula is C15H20O. The van der Waals surface area contributed by atoms with Gasteiger partial charge in [-0.2, -0.15) is 0 Å². The highest BCUT2D eigenvalue weighted by Crippen LogP contribution is 2.38. The van der Waals surface area contributed by atoms with Crippen molar-refractivity contribution in [2.24, 2.45) is 0 Å². The molecule has 0 unspecified atom stereocenters. The monoisotopic (exact) mass is 216 g/mol. The molecule has 0 saturated carbocycles. The number of rotatable bonds is 1. The van der Waals surface area contributed by atoms with E-state index >= 15 is 0 Å². The molecule has 0 radical (unpaired) electrons. The van der Waals surface area contributed by atoms with Crippen LogP contribution >= 0.6 is 0 Å². The number of benzene rings is 1. The molecule has 0 fully saturated rings. The minimum Gasteiger partial charge on any atom is -0.493 e. The van der Waals surface area contributed by atoms with Gasteiger partial charge in [0, 0.05) is 5.56 Å². The Hall–Kier alpha value is -1.24. The van der Waals surface area contributed by atoms with Crippen molar-refractivity contribution in [2.75, 3.05) is 6.61 Å². The van der Waals surface area contributed by atoms with Crippen molar-refractivity contribution < 1.29 is 4.74 Å². The summed E-state index contributed by atoms with van der Waals surface area (Å²) in [7, 11) is 0. The van der Waals surface area contributed by atoms with Gasteiger partial charge in [-0.25, -0.2) is 0 Å². The van der Waals surface area contributed by atoms with Gasteiger partial charge >= 0.3 is 0 Å². The van der Waals surface area contributed by atoms with Gasteiger partial charge in [0.15, 0.2) is 0 Å². The van der Waals surface area contributed by atoms with E-state index in [9.17, 15) is 0 Å². The van der Waals surface area contributed by atoms with Crippen LogP contribution < -0.4 is 4.74 Å². The van der Waals surface area contributed by atoms with E-state index in [4.69, 9.17) is 4.74 Å². The van der Waals surface area contributed by atoms with E-state index in [-0.39, 0.29) is 5.41 Å². The molecule has 1 heteroatoms. The van der Waals surface area contributed by atoms with Gasteiger partial charge in [-0.3, -0.25) is 0 Å². The first-order chi connectivity index (χ1) is 7.49. The van der Waals surface area contributed by atoms with E-state index in [0.29, 0.717) is 0 Å². The van der Waals surface area contributed by atoms with E-state index in [0.717, 1.165) is 18.8 Å². The third kappa shape index (κ3) is 2.13. The second kappa shape index (κ2) is 3.97. The molecular weight excluding hydrogens is 196 g/mol. The Bertz CT molecular complexity index is 423. The molecule has 0 aromatic heterocycles. The summed E-state index contributed by atoms with van der Waals surface area (Å²) in [6.45, 7) is 9.67. The van der Waals surface area contributed by atoms with Crippen LogP contribution in [0.4, 0.5) is 0 Å². The van der Waals surface area contributed by atoms with Gasteiger partial charge in [0.2, 0.25) is 0 Å². The van der Waals surface area contributed by atoms with E-state index < -0.39 is 0 Å². The molecule has 0 bridgehead atoms. The molecule has 1 aromatic rings. The van der Waals surface area contributed by atoms with Crippen LogP contribution in [0, 0.1) is 0 Å². The fourth-order valence-corrected chi connectivity index (χ4v) is 2.18. The molecule has 0 atom stereocenters. The van der Waals surface area contributed by atoms with Crippen LogP contribution in [0.15, 0.2) is 23.8 Å². The zero-order valence-electron chi connectivity index (χ0n) is 10.6. The highest BCUT2D eigenvalue weighted by Gasteiger charge is 2.28. The lowest BCUT2D eigenvalue weighted by Gasteiger charge is -2.32. The molecule has 1 aliphatic rings. The molecule has 86 valence electrons. The van der Waals surface area contributed by atoms with E-state index in [1.54, 1.807) is 0 Å². The van der Waals surface area contributed by atoms with Crippen LogP contribution in [0.2, 0.25) is 0 Å². The zero-order chi connectivity index (χ0) is 11.8. The summed E-state index contributed by atoms with van der Waals surface area (Å²) in [6, 6.07) is 6.50. The normalized spacial score (nSPS) is 17.2. The van der Waals surface area contributed by atoms with E-state index in [1.807, 2.05) is 0 Å². The minimum absolute atomic E-state index is 0.235. The number of fused-ring (bicyclic) bond motifs is 1. The Kier molecular flexibility index (Phi) is 2.79. The van der Waals surface area contributed by atoms with Crippen LogP contribution in [0.5, 0.6) is 5.75 Å². The fourth-order valence-electron chi connectivity index (χ4n) is 2.18. The van der Waals surface area contributed by atoms with Crippen molar-refractivity contribution in [1.82, 2.24) is 0 Å². The van der Waals surface area contributed by atoms with Gasteiger partial charge in [0.25, 0.3) is 0 Å². The topological polar surface area (TPSA) is 9.23 Å². The predicted molar refractivity (Wildman–Crippen MR) is 68.9 cm³/mol. The van der Waals surface area contributed by atoms with Crippen molar-refractivity contribution in [2.45, 2.75) is 39.5 Å².